The third-order valence-electron chi connectivity index (χ3n) is 4.56. The fourth-order valence-electron chi connectivity index (χ4n) is 2.89. The van der Waals surface area contributed by atoms with Gasteiger partial charge in [0.2, 0.25) is 21.8 Å². The molecule has 31 heavy (non-hydrogen) atoms. The number of sulfonamides is 1. The molecule has 3 rings (SSSR count). The third kappa shape index (κ3) is 4.23. The minimum absolute atomic E-state index is 0.000525. The number of furan rings is 1. The molecule has 0 radical (unpaired) electrons. The largest absolute Gasteiger partial charge is 0.504 e. The molecule has 10 nitrogen and oxygen atoms in total. The predicted octanol–water partition coefficient (Wildman–Crippen LogP) is 3.56. The first-order valence-corrected chi connectivity index (χ1v) is 10.8. The fraction of sp³-hybridized carbons (Fsp3) is 0.250. The van der Waals surface area contributed by atoms with E-state index in [-0.39, 0.29) is 22.0 Å². The van der Waals surface area contributed by atoms with Crippen LogP contribution in [-0.2, 0) is 10.0 Å². The molecule has 11 heteroatoms. The first kappa shape index (κ1) is 22.2. The first-order valence-electron chi connectivity index (χ1n) is 9.36. The Morgan fingerprint density at radius 2 is 1.87 bits per heavy atom. The number of hydrogen-bond donors (Lipinski definition) is 5. The maximum Gasteiger partial charge on any atom is 0.246 e. The van der Waals surface area contributed by atoms with Crippen LogP contribution in [0.3, 0.4) is 0 Å². The van der Waals surface area contributed by atoms with E-state index in [1.165, 1.54) is 32.3 Å². The molecular weight excluding hydrogens is 424 g/mol. The molecule has 5 N–H and O–H groups in total. The van der Waals surface area contributed by atoms with E-state index in [1.807, 2.05) is 6.92 Å². The van der Waals surface area contributed by atoms with Crippen LogP contribution < -0.4 is 5.32 Å². The van der Waals surface area contributed by atoms with Crippen LogP contribution in [0.25, 0.3) is 0 Å². The van der Waals surface area contributed by atoms with Crippen LogP contribution in [0, 0.1) is 6.92 Å². The van der Waals surface area contributed by atoms with Gasteiger partial charge in [-0.2, -0.15) is 0 Å². The Morgan fingerprint density at radius 1 is 1.16 bits per heavy atom. The average molecular weight is 449 g/mol. The molecule has 0 bridgehead atoms. The van der Waals surface area contributed by atoms with Gasteiger partial charge in [-0.3, -0.25) is 4.98 Å². The summed E-state index contributed by atoms with van der Waals surface area (Å²) in [6.07, 6.45) is 0.472. The molecule has 1 aromatic carbocycles. The maximum atomic E-state index is 12.4. The highest BCUT2D eigenvalue weighted by atomic mass is 32.2. The molecule has 0 amide bonds. The van der Waals surface area contributed by atoms with Crippen molar-refractivity contribution in [2.24, 2.45) is 4.99 Å². The van der Waals surface area contributed by atoms with E-state index < -0.39 is 27.5 Å². The van der Waals surface area contributed by atoms with Gasteiger partial charge >= 0.3 is 0 Å². The first-order chi connectivity index (χ1) is 14.6. The molecule has 0 fully saturated rings. The maximum absolute atomic E-state index is 12.4. The number of aromatic amines is 1. The molecule has 0 saturated carbocycles. The van der Waals surface area contributed by atoms with Crippen LogP contribution in [0.2, 0.25) is 0 Å². The minimum atomic E-state index is -3.91. The summed E-state index contributed by atoms with van der Waals surface area (Å²) in [5.41, 5.74) is 0.448. The number of nitrogens with one attached hydrogen (secondary N) is 2. The lowest BCUT2D eigenvalue weighted by Gasteiger charge is -2.15. The topological polar surface area (TPSA) is 151 Å². The van der Waals surface area contributed by atoms with Crippen LogP contribution in [0.15, 0.2) is 44.6 Å². The SMILES string of the molecule is CCC(=Nc1c(O)[nH]c(O)c1Nc1cccc(S(=O)(=O)N(C)C)c1O)c1ccc(C)o1. The second-order valence-corrected chi connectivity index (χ2v) is 9.05. The Balaban J connectivity index is 2.08. The van der Waals surface area contributed by atoms with Gasteiger partial charge in [0.1, 0.15) is 22.1 Å². The molecule has 0 aliphatic carbocycles. The number of nitrogens with zero attached hydrogens (tertiary/aromatic N) is 2. The number of aromatic nitrogens is 1. The summed E-state index contributed by atoms with van der Waals surface area (Å²) in [5.74, 6) is -0.190. The number of anilines is 2. The van der Waals surface area contributed by atoms with E-state index in [0.717, 1.165) is 4.31 Å². The number of aliphatic imine (C=N–C) groups is 1. The number of benzene rings is 1. The summed E-state index contributed by atoms with van der Waals surface area (Å²) in [6.45, 7) is 3.65. The standard InChI is InChI=1S/C20H24N4O6S/c1-5-12(14-10-9-11(2)30-14)21-16-17(20(27)23-19(16)26)22-13-7-6-8-15(18(13)25)31(28,29)24(3)4/h6-10,22-23,25-27H,5H2,1-4H3. The smallest absolute Gasteiger partial charge is 0.246 e. The summed E-state index contributed by atoms with van der Waals surface area (Å²) in [4.78, 5) is 6.47. The number of hydrogen-bond acceptors (Lipinski definition) is 8. The molecule has 0 aliphatic rings. The number of aromatic hydroxyl groups is 3. The molecule has 2 aromatic heterocycles. The molecule has 0 saturated heterocycles. The lowest BCUT2D eigenvalue weighted by Crippen LogP contribution is -2.22. The van der Waals surface area contributed by atoms with Gasteiger partial charge in [-0.15, -0.1) is 0 Å². The lowest BCUT2D eigenvalue weighted by molar-refractivity contribution is 0.426. The Bertz CT molecular complexity index is 1240. The molecule has 3 aromatic rings. The van der Waals surface area contributed by atoms with Gasteiger partial charge < -0.3 is 25.1 Å². The van der Waals surface area contributed by atoms with E-state index in [4.69, 9.17) is 4.42 Å². The normalized spacial score (nSPS) is 12.5. The van der Waals surface area contributed by atoms with Gasteiger partial charge in [0.05, 0.1) is 11.4 Å². The van der Waals surface area contributed by atoms with Crippen LogP contribution in [0.4, 0.5) is 17.1 Å². The summed E-state index contributed by atoms with van der Waals surface area (Å²) in [7, 11) is -1.22. The Labute approximate surface area is 179 Å². The number of rotatable bonds is 7. The monoisotopic (exact) mass is 448 g/mol. The molecule has 0 atom stereocenters. The van der Waals surface area contributed by atoms with E-state index in [9.17, 15) is 23.7 Å². The van der Waals surface area contributed by atoms with E-state index in [1.54, 1.807) is 19.1 Å². The Kier molecular flexibility index (Phi) is 6.00. The zero-order valence-corrected chi connectivity index (χ0v) is 18.3. The number of aryl methyl sites for hydroxylation is 1. The highest BCUT2D eigenvalue weighted by Gasteiger charge is 2.25. The Hall–Kier alpha value is -3.44. The fourth-order valence-corrected chi connectivity index (χ4v) is 3.89. The number of H-pyrrole nitrogens is 1. The zero-order chi connectivity index (χ0) is 22.9. The van der Waals surface area contributed by atoms with Gasteiger partial charge in [0.25, 0.3) is 0 Å². The lowest BCUT2D eigenvalue weighted by atomic mass is 10.2. The molecule has 2 heterocycles. The van der Waals surface area contributed by atoms with Crippen molar-refractivity contribution >= 4 is 32.8 Å². The van der Waals surface area contributed by atoms with Gasteiger partial charge in [-0.1, -0.05) is 13.0 Å². The molecule has 0 aliphatic heterocycles. The number of phenolic OH excluding ortho intramolecular Hbond substituents is 1. The minimum Gasteiger partial charge on any atom is -0.504 e. The predicted molar refractivity (Wildman–Crippen MR) is 116 cm³/mol. The van der Waals surface area contributed by atoms with Gasteiger partial charge in [-0.25, -0.2) is 17.7 Å². The van der Waals surface area contributed by atoms with Gasteiger partial charge in [-0.05, 0) is 37.6 Å². The van der Waals surface area contributed by atoms with Crippen molar-refractivity contribution in [1.29, 1.82) is 0 Å². The van der Waals surface area contributed by atoms with Crippen LogP contribution in [-0.4, -0.2) is 52.8 Å². The summed E-state index contributed by atoms with van der Waals surface area (Å²) >= 11 is 0. The molecule has 166 valence electrons. The number of para-hydroxylation sites is 1. The van der Waals surface area contributed by atoms with E-state index >= 15 is 0 Å². The third-order valence-corrected chi connectivity index (χ3v) is 6.41. The zero-order valence-electron chi connectivity index (χ0n) is 17.5. The second kappa shape index (κ2) is 8.36. The van der Waals surface area contributed by atoms with E-state index in [2.05, 4.69) is 15.3 Å². The van der Waals surface area contributed by atoms with Gasteiger partial charge in [0, 0.05) is 14.1 Å². The van der Waals surface area contributed by atoms with Crippen molar-refractivity contribution in [2.75, 3.05) is 19.4 Å². The summed E-state index contributed by atoms with van der Waals surface area (Å²) < 4.78 is 31.5. The summed E-state index contributed by atoms with van der Waals surface area (Å²) in [5, 5.41) is 33.8. The van der Waals surface area contributed by atoms with Crippen LogP contribution >= 0.6 is 0 Å². The Morgan fingerprint density at radius 3 is 2.45 bits per heavy atom. The van der Waals surface area contributed by atoms with Crippen molar-refractivity contribution < 1.29 is 28.2 Å². The highest BCUT2D eigenvalue weighted by Crippen LogP contribution is 2.45. The molecule has 0 unspecified atom stereocenters. The van der Waals surface area contributed by atoms with Crippen LogP contribution in [0.1, 0.15) is 24.9 Å². The van der Waals surface area contributed by atoms with Crippen molar-refractivity contribution in [3.8, 4) is 17.5 Å². The van der Waals surface area contributed by atoms with Crippen molar-refractivity contribution in [2.45, 2.75) is 25.2 Å². The highest BCUT2D eigenvalue weighted by molar-refractivity contribution is 7.89. The summed E-state index contributed by atoms with van der Waals surface area (Å²) in [6, 6.07) is 7.65. The van der Waals surface area contributed by atoms with Crippen molar-refractivity contribution in [1.82, 2.24) is 9.29 Å². The molecule has 0 spiro atoms. The average Bonchev–Trinajstić information content (AvgIpc) is 3.24. The van der Waals surface area contributed by atoms with Crippen molar-refractivity contribution in [3.63, 3.8) is 0 Å². The van der Waals surface area contributed by atoms with Crippen LogP contribution in [0.5, 0.6) is 17.5 Å². The van der Waals surface area contributed by atoms with E-state index in [0.29, 0.717) is 23.7 Å². The molecular formula is C20H24N4O6S. The van der Waals surface area contributed by atoms with Gasteiger partial charge in [0.15, 0.2) is 11.4 Å². The number of phenols is 1. The quantitative estimate of drug-likeness (QED) is 0.274. The van der Waals surface area contributed by atoms with Crippen molar-refractivity contribution in [3.05, 3.63) is 41.9 Å². The second-order valence-electron chi connectivity index (χ2n) is 6.93.